The Labute approximate surface area is 207 Å². The number of halogens is 3. The van der Waals surface area contributed by atoms with Crippen LogP contribution in [0.4, 0.5) is 4.39 Å². The van der Waals surface area contributed by atoms with Crippen LogP contribution >= 0.6 is 31.9 Å². The van der Waals surface area contributed by atoms with Crippen LogP contribution in [-0.2, 0) is 16.1 Å². The second kappa shape index (κ2) is 10.3. The third kappa shape index (κ3) is 5.51. The molecule has 8 heteroatoms. The van der Waals surface area contributed by atoms with Crippen LogP contribution in [0.3, 0.4) is 0 Å². The molecule has 0 unspecified atom stereocenters. The van der Waals surface area contributed by atoms with Gasteiger partial charge >= 0.3 is 5.97 Å². The fourth-order valence-corrected chi connectivity index (χ4v) is 4.20. The number of carbonyl (C=O) groups is 1. The minimum atomic E-state index is -0.540. The van der Waals surface area contributed by atoms with E-state index in [4.69, 9.17) is 14.2 Å². The molecule has 1 heterocycles. The summed E-state index contributed by atoms with van der Waals surface area (Å²) in [6, 6.07) is 17.1. The molecule has 0 spiro atoms. The monoisotopic (exact) mass is 573 g/mol. The van der Waals surface area contributed by atoms with Crippen LogP contribution in [0.15, 0.2) is 80.3 Å². The summed E-state index contributed by atoms with van der Waals surface area (Å²) in [4.78, 5) is 16.8. The Hall–Kier alpha value is -2.97. The smallest absolute Gasteiger partial charge is 0.363 e. The van der Waals surface area contributed by atoms with Gasteiger partial charge in [-0.15, -0.1) is 0 Å². The van der Waals surface area contributed by atoms with Gasteiger partial charge in [0.15, 0.2) is 17.2 Å². The van der Waals surface area contributed by atoms with Crippen LogP contribution in [0.2, 0.25) is 0 Å². The lowest BCUT2D eigenvalue weighted by Gasteiger charge is -2.15. The first-order chi connectivity index (χ1) is 15.9. The molecule has 3 aromatic carbocycles. The Bertz CT molecular complexity index is 1270. The van der Waals surface area contributed by atoms with Crippen molar-refractivity contribution in [1.82, 2.24) is 0 Å². The van der Waals surface area contributed by atoms with Crippen LogP contribution in [0.25, 0.3) is 6.08 Å². The predicted molar refractivity (Wildman–Crippen MR) is 131 cm³/mol. The predicted octanol–water partition coefficient (Wildman–Crippen LogP) is 6.67. The van der Waals surface area contributed by atoms with E-state index in [1.165, 1.54) is 12.1 Å². The van der Waals surface area contributed by atoms with E-state index in [0.29, 0.717) is 39.3 Å². The number of carbonyl (C=O) groups excluding carboxylic acids is 1. The van der Waals surface area contributed by atoms with Crippen LogP contribution < -0.4 is 9.47 Å². The second-order valence-electron chi connectivity index (χ2n) is 7.00. The Balaban J connectivity index is 1.62. The van der Waals surface area contributed by atoms with Crippen molar-refractivity contribution in [1.29, 1.82) is 0 Å². The van der Waals surface area contributed by atoms with Gasteiger partial charge in [-0.2, -0.15) is 0 Å². The van der Waals surface area contributed by atoms with Crippen molar-refractivity contribution in [2.24, 2.45) is 4.99 Å². The van der Waals surface area contributed by atoms with E-state index in [2.05, 4.69) is 36.9 Å². The lowest BCUT2D eigenvalue weighted by Crippen LogP contribution is -2.05. The molecule has 0 aliphatic carbocycles. The van der Waals surface area contributed by atoms with Crippen LogP contribution in [-0.4, -0.2) is 18.5 Å². The van der Waals surface area contributed by atoms with Crippen molar-refractivity contribution in [3.63, 3.8) is 0 Å². The average molecular weight is 575 g/mol. The highest BCUT2D eigenvalue weighted by Gasteiger charge is 2.25. The number of cyclic esters (lactones) is 1. The molecule has 0 amide bonds. The minimum absolute atomic E-state index is 0.169. The zero-order valence-electron chi connectivity index (χ0n) is 17.5. The molecule has 0 radical (unpaired) electrons. The maximum absolute atomic E-state index is 13.5. The van der Waals surface area contributed by atoms with Crippen LogP contribution in [0.1, 0.15) is 23.6 Å². The van der Waals surface area contributed by atoms with Gasteiger partial charge in [0.25, 0.3) is 0 Å². The molecule has 4 rings (SSSR count). The van der Waals surface area contributed by atoms with Gasteiger partial charge < -0.3 is 14.2 Å². The standard InChI is InChI=1S/C25H18Br2FNO4/c1-2-31-22-13-16(11-20(27)23(22)32-14-15-6-5-7-17(28)10-15)12-21-25(30)33-24(29-21)18-8-3-4-9-19(18)26/h3-13H,2,14H2,1H3/b21-12-. The Morgan fingerprint density at radius 3 is 2.61 bits per heavy atom. The third-order valence-electron chi connectivity index (χ3n) is 4.63. The normalized spacial score (nSPS) is 14.2. The lowest BCUT2D eigenvalue weighted by atomic mass is 10.1. The first kappa shape index (κ1) is 23.2. The molecular weight excluding hydrogens is 557 g/mol. The fraction of sp³-hybridized carbons (Fsp3) is 0.120. The van der Waals surface area contributed by atoms with Gasteiger partial charge in [0.2, 0.25) is 5.90 Å². The number of hydrogen-bond acceptors (Lipinski definition) is 5. The SMILES string of the molecule is CCOc1cc(/C=C2\N=C(c3ccccc3Br)OC2=O)cc(Br)c1OCc1cccc(F)c1. The number of benzene rings is 3. The number of hydrogen-bond donors (Lipinski definition) is 0. The van der Waals surface area contributed by atoms with E-state index in [1.807, 2.05) is 31.2 Å². The average Bonchev–Trinajstić information content (AvgIpc) is 3.13. The molecule has 0 saturated heterocycles. The van der Waals surface area contributed by atoms with E-state index in [0.717, 1.165) is 4.47 Å². The highest BCUT2D eigenvalue weighted by Crippen LogP contribution is 2.38. The Morgan fingerprint density at radius 2 is 1.85 bits per heavy atom. The minimum Gasteiger partial charge on any atom is -0.490 e. The summed E-state index contributed by atoms with van der Waals surface area (Å²) < 4.78 is 31.9. The largest absolute Gasteiger partial charge is 0.490 e. The first-order valence-corrected chi connectivity index (χ1v) is 11.6. The molecule has 5 nitrogen and oxygen atoms in total. The van der Waals surface area contributed by atoms with Crippen molar-refractivity contribution in [3.8, 4) is 11.5 Å². The van der Waals surface area contributed by atoms with Gasteiger partial charge in [-0.25, -0.2) is 14.2 Å². The molecule has 0 atom stereocenters. The quantitative estimate of drug-likeness (QED) is 0.233. The van der Waals surface area contributed by atoms with Crippen molar-refractivity contribution in [2.75, 3.05) is 6.61 Å². The van der Waals surface area contributed by atoms with Gasteiger partial charge in [-0.05, 0) is 92.4 Å². The van der Waals surface area contributed by atoms with Gasteiger partial charge in [-0.1, -0.05) is 24.3 Å². The van der Waals surface area contributed by atoms with E-state index < -0.39 is 5.97 Å². The van der Waals surface area contributed by atoms with Crippen LogP contribution in [0.5, 0.6) is 11.5 Å². The van der Waals surface area contributed by atoms with Gasteiger partial charge in [-0.3, -0.25) is 0 Å². The molecule has 33 heavy (non-hydrogen) atoms. The number of nitrogens with zero attached hydrogens (tertiary/aromatic N) is 1. The molecule has 0 N–H and O–H groups in total. The van der Waals surface area contributed by atoms with Crippen molar-refractivity contribution >= 4 is 49.8 Å². The zero-order chi connectivity index (χ0) is 23.4. The van der Waals surface area contributed by atoms with Crippen molar-refractivity contribution < 1.29 is 23.4 Å². The Kier molecular flexibility index (Phi) is 7.25. The van der Waals surface area contributed by atoms with E-state index >= 15 is 0 Å². The number of esters is 1. The summed E-state index contributed by atoms with van der Waals surface area (Å²) in [6.45, 7) is 2.44. The summed E-state index contributed by atoms with van der Waals surface area (Å²) in [7, 11) is 0. The summed E-state index contributed by atoms with van der Waals surface area (Å²) in [6.07, 6.45) is 1.62. The van der Waals surface area contributed by atoms with E-state index in [9.17, 15) is 9.18 Å². The van der Waals surface area contributed by atoms with Crippen LogP contribution in [0, 0.1) is 5.82 Å². The molecule has 3 aromatic rings. The van der Waals surface area contributed by atoms with E-state index in [-0.39, 0.29) is 24.0 Å². The fourth-order valence-electron chi connectivity index (χ4n) is 3.17. The zero-order valence-corrected chi connectivity index (χ0v) is 20.7. The highest BCUT2D eigenvalue weighted by atomic mass is 79.9. The topological polar surface area (TPSA) is 57.1 Å². The molecule has 0 aromatic heterocycles. The summed E-state index contributed by atoms with van der Waals surface area (Å²) in [5.74, 6) is 0.332. The number of rotatable bonds is 7. The molecule has 0 bridgehead atoms. The third-order valence-corrected chi connectivity index (χ3v) is 5.91. The first-order valence-electron chi connectivity index (χ1n) is 10.1. The molecule has 168 valence electrons. The molecule has 1 aliphatic heterocycles. The molecule has 1 aliphatic rings. The van der Waals surface area contributed by atoms with E-state index in [1.54, 1.807) is 30.3 Å². The molecular formula is C25H18Br2FNO4. The molecule has 0 fully saturated rings. The van der Waals surface area contributed by atoms with Crippen molar-refractivity contribution in [3.05, 3.63) is 97.8 Å². The van der Waals surface area contributed by atoms with Gasteiger partial charge in [0.05, 0.1) is 16.6 Å². The number of ether oxygens (including phenoxy) is 3. The lowest BCUT2D eigenvalue weighted by molar-refractivity contribution is -0.129. The molecule has 0 saturated carbocycles. The summed E-state index contributed by atoms with van der Waals surface area (Å²) in [5, 5.41) is 0. The highest BCUT2D eigenvalue weighted by molar-refractivity contribution is 9.10. The maximum Gasteiger partial charge on any atom is 0.363 e. The van der Waals surface area contributed by atoms with Crippen molar-refractivity contribution in [2.45, 2.75) is 13.5 Å². The maximum atomic E-state index is 13.5. The van der Waals surface area contributed by atoms with Gasteiger partial charge in [0, 0.05) is 4.47 Å². The summed E-state index contributed by atoms with van der Waals surface area (Å²) in [5.41, 5.74) is 2.22. The Morgan fingerprint density at radius 1 is 1.03 bits per heavy atom. The van der Waals surface area contributed by atoms with Gasteiger partial charge in [0.1, 0.15) is 12.4 Å². The summed E-state index contributed by atoms with van der Waals surface area (Å²) >= 11 is 6.96. The number of aliphatic imine (C=N–C) groups is 1. The second-order valence-corrected chi connectivity index (χ2v) is 8.71.